The van der Waals surface area contributed by atoms with Gasteiger partial charge in [0.25, 0.3) is 0 Å². The lowest BCUT2D eigenvalue weighted by Gasteiger charge is -2.22. The highest BCUT2D eigenvalue weighted by atomic mass is 35.5. The third kappa shape index (κ3) is 3.14. The van der Waals surface area contributed by atoms with E-state index in [0.29, 0.717) is 12.1 Å². The quantitative estimate of drug-likeness (QED) is 0.889. The SMILES string of the molecule is Cc1cc(Cl)ccc1N1CCC(NC(C)C)C1. The van der Waals surface area contributed by atoms with Crippen LogP contribution < -0.4 is 10.2 Å². The zero-order valence-electron chi connectivity index (χ0n) is 10.8. The van der Waals surface area contributed by atoms with Gasteiger partial charge in [-0.2, -0.15) is 0 Å². The maximum atomic E-state index is 5.99. The van der Waals surface area contributed by atoms with Gasteiger partial charge in [-0.1, -0.05) is 25.4 Å². The highest BCUT2D eigenvalue weighted by Crippen LogP contribution is 2.26. The third-order valence-corrected chi connectivity index (χ3v) is 3.49. The second kappa shape index (κ2) is 5.28. The Morgan fingerprint density at radius 2 is 2.18 bits per heavy atom. The molecule has 3 heteroatoms. The minimum Gasteiger partial charge on any atom is -0.370 e. The molecule has 0 saturated carbocycles. The van der Waals surface area contributed by atoms with Crippen molar-refractivity contribution < 1.29 is 0 Å². The molecule has 2 rings (SSSR count). The Bertz CT molecular complexity index is 390. The van der Waals surface area contributed by atoms with Gasteiger partial charge in [-0.25, -0.2) is 0 Å². The van der Waals surface area contributed by atoms with Crippen molar-refractivity contribution in [3.05, 3.63) is 28.8 Å². The van der Waals surface area contributed by atoms with E-state index in [-0.39, 0.29) is 0 Å². The second-order valence-electron chi connectivity index (χ2n) is 5.18. The Morgan fingerprint density at radius 3 is 2.82 bits per heavy atom. The maximum Gasteiger partial charge on any atom is 0.0410 e. The fraction of sp³-hybridized carbons (Fsp3) is 0.571. The molecule has 1 saturated heterocycles. The van der Waals surface area contributed by atoms with Gasteiger partial charge in [0.15, 0.2) is 0 Å². The Balaban J connectivity index is 2.05. The number of aryl methyl sites for hydroxylation is 1. The van der Waals surface area contributed by atoms with E-state index in [2.05, 4.69) is 37.1 Å². The Morgan fingerprint density at radius 1 is 1.41 bits per heavy atom. The van der Waals surface area contributed by atoms with E-state index in [0.717, 1.165) is 18.1 Å². The van der Waals surface area contributed by atoms with Gasteiger partial charge in [-0.3, -0.25) is 0 Å². The highest BCUT2D eigenvalue weighted by molar-refractivity contribution is 6.30. The predicted octanol–water partition coefficient (Wildman–Crippen LogP) is 3.23. The van der Waals surface area contributed by atoms with Crippen molar-refractivity contribution in [3.8, 4) is 0 Å². The van der Waals surface area contributed by atoms with Gasteiger partial charge in [0.1, 0.15) is 0 Å². The van der Waals surface area contributed by atoms with Crippen LogP contribution in [0, 0.1) is 6.92 Å². The number of hydrogen-bond acceptors (Lipinski definition) is 2. The van der Waals surface area contributed by atoms with Crippen LogP contribution in [0.25, 0.3) is 0 Å². The van der Waals surface area contributed by atoms with Crippen LogP contribution in [0.15, 0.2) is 18.2 Å². The van der Waals surface area contributed by atoms with Crippen molar-refractivity contribution in [1.29, 1.82) is 0 Å². The Labute approximate surface area is 109 Å². The summed E-state index contributed by atoms with van der Waals surface area (Å²) in [5, 5.41) is 4.43. The van der Waals surface area contributed by atoms with Crippen LogP contribution in [-0.4, -0.2) is 25.2 Å². The lowest BCUT2D eigenvalue weighted by atomic mass is 10.2. The molecule has 0 spiro atoms. The van der Waals surface area contributed by atoms with E-state index in [4.69, 9.17) is 11.6 Å². The normalized spacial score (nSPS) is 20.3. The van der Waals surface area contributed by atoms with Crippen molar-refractivity contribution in [2.75, 3.05) is 18.0 Å². The number of rotatable bonds is 3. The summed E-state index contributed by atoms with van der Waals surface area (Å²) in [5.41, 5.74) is 2.59. The van der Waals surface area contributed by atoms with Gasteiger partial charge in [-0.15, -0.1) is 0 Å². The summed E-state index contributed by atoms with van der Waals surface area (Å²) >= 11 is 5.99. The fourth-order valence-electron chi connectivity index (χ4n) is 2.56. The molecule has 2 nitrogen and oxygen atoms in total. The minimum atomic E-state index is 0.561. The van der Waals surface area contributed by atoms with Gasteiger partial charge in [0.2, 0.25) is 0 Å². The molecule has 1 atom stereocenters. The van der Waals surface area contributed by atoms with Gasteiger partial charge >= 0.3 is 0 Å². The Kier molecular flexibility index (Phi) is 3.95. The molecule has 1 heterocycles. The van der Waals surface area contributed by atoms with Gasteiger partial charge < -0.3 is 10.2 Å². The monoisotopic (exact) mass is 252 g/mol. The molecule has 0 bridgehead atoms. The summed E-state index contributed by atoms with van der Waals surface area (Å²) in [5.74, 6) is 0. The molecular weight excluding hydrogens is 232 g/mol. The van der Waals surface area contributed by atoms with Crippen LogP contribution >= 0.6 is 11.6 Å². The van der Waals surface area contributed by atoms with Crippen molar-refractivity contribution in [2.45, 2.75) is 39.3 Å². The Hall–Kier alpha value is -0.730. The average Bonchev–Trinajstić information content (AvgIpc) is 2.65. The van der Waals surface area contributed by atoms with Gasteiger partial charge in [0.05, 0.1) is 0 Å². The van der Waals surface area contributed by atoms with Crippen molar-refractivity contribution in [1.82, 2.24) is 5.32 Å². The molecule has 1 fully saturated rings. The van der Waals surface area contributed by atoms with Crippen molar-refractivity contribution in [2.24, 2.45) is 0 Å². The maximum absolute atomic E-state index is 5.99. The summed E-state index contributed by atoms with van der Waals surface area (Å²) in [6.07, 6.45) is 1.22. The van der Waals surface area contributed by atoms with Crippen molar-refractivity contribution >= 4 is 17.3 Å². The van der Waals surface area contributed by atoms with Crippen LogP contribution in [0.5, 0.6) is 0 Å². The summed E-state index contributed by atoms with van der Waals surface area (Å²) in [7, 11) is 0. The number of halogens is 1. The first-order chi connectivity index (χ1) is 8.06. The van der Waals surface area contributed by atoms with Crippen LogP contribution in [0.4, 0.5) is 5.69 Å². The third-order valence-electron chi connectivity index (χ3n) is 3.26. The van der Waals surface area contributed by atoms with E-state index >= 15 is 0 Å². The minimum absolute atomic E-state index is 0.561. The first-order valence-electron chi connectivity index (χ1n) is 6.33. The molecular formula is C14H21ClN2. The molecule has 1 aromatic rings. The summed E-state index contributed by atoms with van der Waals surface area (Å²) in [4.78, 5) is 2.45. The smallest absolute Gasteiger partial charge is 0.0410 e. The van der Waals surface area contributed by atoms with Crippen LogP contribution in [0.2, 0.25) is 5.02 Å². The van der Waals surface area contributed by atoms with E-state index in [1.54, 1.807) is 0 Å². The van der Waals surface area contributed by atoms with E-state index < -0.39 is 0 Å². The van der Waals surface area contributed by atoms with Gasteiger partial charge in [-0.05, 0) is 37.1 Å². The zero-order valence-corrected chi connectivity index (χ0v) is 11.6. The van der Waals surface area contributed by atoms with E-state index in [9.17, 15) is 0 Å². The number of hydrogen-bond donors (Lipinski definition) is 1. The van der Waals surface area contributed by atoms with Crippen LogP contribution in [0.3, 0.4) is 0 Å². The highest BCUT2D eigenvalue weighted by Gasteiger charge is 2.23. The lowest BCUT2D eigenvalue weighted by Crippen LogP contribution is -2.37. The molecule has 1 unspecified atom stereocenters. The number of benzene rings is 1. The number of anilines is 1. The number of nitrogens with zero attached hydrogens (tertiary/aromatic N) is 1. The molecule has 17 heavy (non-hydrogen) atoms. The largest absolute Gasteiger partial charge is 0.370 e. The number of nitrogens with one attached hydrogen (secondary N) is 1. The molecule has 1 aliphatic heterocycles. The molecule has 0 aliphatic carbocycles. The van der Waals surface area contributed by atoms with Crippen LogP contribution in [0.1, 0.15) is 25.8 Å². The predicted molar refractivity (Wildman–Crippen MR) is 75.1 cm³/mol. The first kappa shape index (κ1) is 12.7. The first-order valence-corrected chi connectivity index (χ1v) is 6.71. The zero-order chi connectivity index (χ0) is 12.4. The van der Waals surface area contributed by atoms with Crippen molar-refractivity contribution in [3.63, 3.8) is 0 Å². The standard InChI is InChI=1S/C14H21ClN2/c1-10(2)16-13-6-7-17(9-13)14-5-4-12(15)8-11(14)3/h4-5,8,10,13,16H,6-7,9H2,1-3H3. The second-order valence-corrected chi connectivity index (χ2v) is 5.62. The molecule has 1 aromatic carbocycles. The van der Waals surface area contributed by atoms with E-state index in [1.165, 1.54) is 17.7 Å². The molecule has 94 valence electrons. The summed E-state index contributed by atoms with van der Waals surface area (Å²) in [6, 6.07) is 7.33. The molecule has 0 aromatic heterocycles. The summed E-state index contributed by atoms with van der Waals surface area (Å²) < 4.78 is 0. The molecule has 0 radical (unpaired) electrons. The average molecular weight is 253 g/mol. The summed E-state index contributed by atoms with van der Waals surface area (Å²) in [6.45, 7) is 8.77. The van der Waals surface area contributed by atoms with Crippen LogP contribution in [-0.2, 0) is 0 Å². The lowest BCUT2D eigenvalue weighted by molar-refractivity contribution is 0.492. The topological polar surface area (TPSA) is 15.3 Å². The molecule has 1 N–H and O–H groups in total. The van der Waals surface area contributed by atoms with E-state index in [1.807, 2.05) is 12.1 Å². The van der Waals surface area contributed by atoms with Gasteiger partial charge in [0, 0.05) is 35.9 Å². The molecule has 1 aliphatic rings. The fourth-order valence-corrected chi connectivity index (χ4v) is 2.79. The molecule has 0 amide bonds.